The Bertz CT molecular complexity index is 1070. The molecule has 0 aromatic heterocycles. The average Bonchev–Trinajstić information content (AvgIpc) is 2.85. The minimum atomic E-state index is -1.11. The minimum absolute atomic E-state index is 0.0158. The van der Waals surface area contributed by atoms with Crippen LogP contribution in [-0.2, 0) is 6.42 Å². The molecule has 0 heterocycles. The quantitative estimate of drug-likeness (QED) is 0.180. The van der Waals surface area contributed by atoms with E-state index in [1.54, 1.807) is 12.1 Å². The molecule has 0 aliphatic rings. The molecule has 34 heavy (non-hydrogen) atoms. The summed E-state index contributed by atoms with van der Waals surface area (Å²) in [5.41, 5.74) is 2.73. The third kappa shape index (κ3) is 6.75. The second-order valence-corrected chi connectivity index (χ2v) is 8.57. The highest BCUT2D eigenvalue weighted by Gasteiger charge is 2.18. The smallest absolute Gasteiger partial charge is 0.201 e. The number of unbranched alkanes of at least 4 members (excludes halogenated alkanes) is 5. The van der Waals surface area contributed by atoms with Gasteiger partial charge in [-0.1, -0.05) is 75.1 Å². The van der Waals surface area contributed by atoms with Gasteiger partial charge in [0.25, 0.3) is 0 Å². The van der Waals surface area contributed by atoms with Crippen molar-refractivity contribution in [3.05, 3.63) is 90.3 Å². The number of allylic oxidation sites excluding steroid dienone is 1. The Morgan fingerprint density at radius 3 is 2.18 bits per heavy atom. The van der Waals surface area contributed by atoms with E-state index >= 15 is 0 Å². The summed E-state index contributed by atoms with van der Waals surface area (Å²) in [6.45, 7) is 6.08. The van der Waals surface area contributed by atoms with Gasteiger partial charge in [0.05, 0.1) is 6.61 Å². The largest absolute Gasteiger partial charge is 0.490 e. The van der Waals surface area contributed by atoms with Crippen molar-refractivity contribution in [3.8, 4) is 28.0 Å². The Balaban J connectivity index is 1.70. The third-order valence-corrected chi connectivity index (χ3v) is 5.97. The van der Waals surface area contributed by atoms with Crippen molar-refractivity contribution in [1.29, 1.82) is 0 Å². The molecule has 0 aliphatic heterocycles. The van der Waals surface area contributed by atoms with Gasteiger partial charge in [-0.25, -0.2) is 8.78 Å². The molecule has 1 nitrogen and oxygen atoms in total. The standard InChI is InChI=1S/C30H33F3O/c1-3-5-7-8-9-11-22-12-14-23(15-13-22)24-16-17-25(27(31)21-24)26-18-19-28(30(33)29(26)32)34-20-10-6-4-2/h4,12-19,21H,2-3,5-11,20H2,1H3. The number of rotatable bonds is 13. The van der Waals surface area contributed by atoms with E-state index in [4.69, 9.17) is 4.74 Å². The normalized spacial score (nSPS) is 10.9. The lowest BCUT2D eigenvalue weighted by Crippen LogP contribution is -2.01. The van der Waals surface area contributed by atoms with Crippen molar-refractivity contribution >= 4 is 0 Å². The lowest BCUT2D eigenvalue weighted by atomic mass is 9.97. The Kier molecular flexibility index (Phi) is 9.81. The molecule has 0 unspecified atom stereocenters. The zero-order valence-electron chi connectivity index (χ0n) is 19.9. The van der Waals surface area contributed by atoms with Crippen molar-refractivity contribution in [2.24, 2.45) is 0 Å². The summed E-state index contributed by atoms with van der Waals surface area (Å²) >= 11 is 0. The van der Waals surface area contributed by atoms with Crippen LogP contribution in [0.1, 0.15) is 57.4 Å². The highest BCUT2D eigenvalue weighted by atomic mass is 19.2. The Hall–Kier alpha value is -3.01. The number of benzene rings is 3. The number of halogens is 3. The number of hydrogen-bond acceptors (Lipinski definition) is 1. The van der Waals surface area contributed by atoms with Crippen LogP contribution < -0.4 is 4.74 Å². The summed E-state index contributed by atoms with van der Waals surface area (Å²) in [5, 5.41) is 0. The van der Waals surface area contributed by atoms with E-state index in [1.807, 2.05) is 12.1 Å². The lowest BCUT2D eigenvalue weighted by Gasteiger charge is -2.12. The fourth-order valence-corrected chi connectivity index (χ4v) is 3.97. The Morgan fingerprint density at radius 2 is 1.47 bits per heavy atom. The van der Waals surface area contributed by atoms with Gasteiger partial charge in [0.15, 0.2) is 11.6 Å². The SMILES string of the molecule is C=CCCCOc1ccc(-c2ccc(-c3ccc(CCCCCCC)cc3)cc2F)c(F)c1F. The molecule has 0 radical (unpaired) electrons. The molecule has 180 valence electrons. The monoisotopic (exact) mass is 466 g/mol. The zero-order valence-corrected chi connectivity index (χ0v) is 19.9. The summed E-state index contributed by atoms with van der Waals surface area (Å²) in [6, 6.07) is 15.4. The molecule has 0 N–H and O–H groups in total. The van der Waals surface area contributed by atoms with Crippen LogP contribution >= 0.6 is 0 Å². The number of aryl methyl sites for hydroxylation is 1. The maximum absolute atomic E-state index is 14.9. The van der Waals surface area contributed by atoms with Crippen LogP contribution in [-0.4, -0.2) is 6.61 Å². The topological polar surface area (TPSA) is 9.23 Å². The van der Waals surface area contributed by atoms with Gasteiger partial charge in [-0.05, 0) is 60.6 Å². The molecule has 3 aromatic carbocycles. The zero-order chi connectivity index (χ0) is 24.3. The predicted molar refractivity (Wildman–Crippen MR) is 135 cm³/mol. The van der Waals surface area contributed by atoms with Gasteiger partial charge >= 0.3 is 0 Å². The van der Waals surface area contributed by atoms with Crippen LogP contribution in [0.3, 0.4) is 0 Å². The van der Waals surface area contributed by atoms with Gasteiger partial charge in [0.2, 0.25) is 5.82 Å². The Labute approximate surface area is 201 Å². The van der Waals surface area contributed by atoms with E-state index in [-0.39, 0.29) is 23.5 Å². The van der Waals surface area contributed by atoms with Gasteiger partial charge in [0.1, 0.15) is 5.82 Å². The summed E-state index contributed by atoms with van der Waals surface area (Å²) in [6.07, 6.45) is 10.4. The van der Waals surface area contributed by atoms with Gasteiger partial charge in [0, 0.05) is 11.1 Å². The number of ether oxygens (including phenoxy) is 1. The van der Waals surface area contributed by atoms with Crippen molar-refractivity contribution in [3.63, 3.8) is 0 Å². The fourth-order valence-electron chi connectivity index (χ4n) is 3.97. The van der Waals surface area contributed by atoms with Crippen LogP contribution in [0.5, 0.6) is 5.75 Å². The van der Waals surface area contributed by atoms with Crippen molar-refractivity contribution < 1.29 is 17.9 Å². The molecular formula is C30H33F3O. The van der Waals surface area contributed by atoms with E-state index < -0.39 is 17.5 Å². The number of hydrogen-bond donors (Lipinski definition) is 0. The third-order valence-electron chi connectivity index (χ3n) is 5.97. The molecule has 0 bridgehead atoms. The molecule has 0 saturated heterocycles. The second-order valence-electron chi connectivity index (χ2n) is 8.57. The van der Waals surface area contributed by atoms with Crippen LogP contribution in [0.15, 0.2) is 67.3 Å². The molecule has 0 aliphatic carbocycles. The molecule has 0 saturated carbocycles. The molecule has 0 atom stereocenters. The van der Waals surface area contributed by atoms with Crippen LogP contribution in [0.25, 0.3) is 22.3 Å². The van der Waals surface area contributed by atoms with Gasteiger partial charge < -0.3 is 4.74 Å². The molecule has 0 spiro atoms. The van der Waals surface area contributed by atoms with Crippen LogP contribution in [0.4, 0.5) is 13.2 Å². The highest BCUT2D eigenvalue weighted by molar-refractivity contribution is 5.72. The van der Waals surface area contributed by atoms with E-state index in [2.05, 4.69) is 25.6 Å². The average molecular weight is 467 g/mol. The van der Waals surface area contributed by atoms with E-state index in [9.17, 15) is 13.2 Å². The summed E-state index contributed by atoms with van der Waals surface area (Å²) < 4.78 is 49.4. The first kappa shape index (κ1) is 25.6. The first-order chi connectivity index (χ1) is 16.5. The highest BCUT2D eigenvalue weighted by Crippen LogP contribution is 2.33. The summed E-state index contributed by atoms with van der Waals surface area (Å²) in [5.74, 6) is -3.00. The molecule has 3 aromatic rings. The van der Waals surface area contributed by atoms with Gasteiger partial charge in [-0.3, -0.25) is 0 Å². The van der Waals surface area contributed by atoms with Crippen molar-refractivity contribution in [2.75, 3.05) is 6.61 Å². The predicted octanol–water partition coefficient (Wildman–Crippen LogP) is 9.30. The van der Waals surface area contributed by atoms with Crippen molar-refractivity contribution in [1.82, 2.24) is 0 Å². The van der Waals surface area contributed by atoms with E-state index in [1.165, 1.54) is 61.9 Å². The molecular weight excluding hydrogens is 433 g/mol. The van der Waals surface area contributed by atoms with Crippen LogP contribution in [0.2, 0.25) is 0 Å². The minimum Gasteiger partial charge on any atom is -0.490 e. The molecule has 4 heteroatoms. The van der Waals surface area contributed by atoms with Crippen LogP contribution in [0, 0.1) is 17.5 Å². The maximum atomic E-state index is 14.9. The first-order valence-electron chi connectivity index (χ1n) is 12.2. The lowest BCUT2D eigenvalue weighted by molar-refractivity contribution is 0.291. The fraction of sp³-hybridized carbons (Fsp3) is 0.333. The van der Waals surface area contributed by atoms with Gasteiger partial charge in [-0.15, -0.1) is 6.58 Å². The van der Waals surface area contributed by atoms with Gasteiger partial charge in [-0.2, -0.15) is 4.39 Å². The first-order valence-corrected chi connectivity index (χ1v) is 12.2. The molecule has 0 amide bonds. The maximum Gasteiger partial charge on any atom is 0.201 e. The molecule has 3 rings (SSSR count). The van der Waals surface area contributed by atoms with E-state index in [0.29, 0.717) is 12.0 Å². The second kappa shape index (κ2) is 13.0. The van der Waals surface area contributed by atoms with E-state index in [0.717, 1.165) is 18.4 Å². The summed E-state index contributed by atoms with van der Waals surface area (Å²) in [4.78, 5) is 0. The summed E-state index contributed by atoms with van der Waals surface area (Å²) in [7, 11) is 0. The molecule has 0 fully saturated rings. The van der Waals surface area contributed by atoms with Crippen molar-refractivity contribution in [2.45, 2.75) is 58.3 Å². The Morgan fingerprint density at radius 1 is 0.765 bits per heavy atom.